The number of rotatable bonds is 5. The molecule has 0 aromatic carbocycles. The molecule has 0 unspecified atom stereocenters. The molecule has 4 rings (SSSR count). The summed E-state index contributed by atoms with van der Waals surface area (Å²) in [5, 5.41) is 3.74. The van der Waals surface area contributed by atoms with Crippen molar-refractivity contribution in [2.24, 2.45) is 5.92 Å². The van der Waals surface area contributed by atoms with Crippen molar-refractivity contribution in [1.29, 1.82) is 0 Å². The van der Waals surface area contributed by atoms with Crippen molar-refractivity contribution in [3.63, 3.8) is 0 Å². The lowest BCUT2D eigenvalue weighted by molar-refractivity contribution is -0.122. The van der Waals surface area contributed by atoms with Gasteiger partial charge < -0.3 is 18.9 Å². The van der Waals surface area contributed by atoms with Crippen molar-refractivity contribution >= 4 is 5.91 Å². The van der Waals surface area contributed by atoms with Gasteiger partial charge in [0, 0.05) is 25.1 Å². The first-order valence-corrected chi connectivity index (χ1v) is 8.61. The molecule has 2 aromatic rings. The average molecular weight is 343 g/mol. The van der Waals surface area contributed by atoms with Crippen molar-refractivity contribution in [1.82, 2.24) is 15.0 Å². The van der Waals surface area contributed by atoms with E-state index in [1.54, 1.807) is 17.3 Å². The minimum absolute atomic E-state index is 0.0360. The molecule has 2 aliphatic rings. The van der Waals surface area contributed by atoms with Crippen LogP contribution >= 0.6 is 0 Å². The molecule has 0 N–H and O–H groups in total. The number of pyridine rings is 1. The summed E-state index contributed by atoms with van der Waals surface area (Å²) in [5.41, 5.74) is 0.264. The summed E-state index contributed by atoms with van der Waals surface area (Å²) in [6, 6.07) is 3.74. The number of hydrogen-bond acceptors (Lipinski definition) is 6. The van der Waals surface area contributed by atoms with E-state index < -0.39 is 0 Å². The number of nitrogens with zero attached hydrogens (tertiary/aromatic N) is 3. The molecule has 2 fully saturated rings. The van der Waals surface area contributed by atoms with E-state index in [9.17, 15) is 4.79 Å². The highest BCUT2D eigenvalue weighted by Crippen LogP contribution is 2.40. The van der Waals surface area contributed by atoms with Crippen LogP contribution in [0.3, 0.4) is 0 Å². The van der Waals surface area contributed by atoms with E-state index in [0.717, 1.165) is 12.2 Å². The van der Waals surface area contributed by atoms with Gasteiger partial charge in [-0.2, -0.15) is 0 Å². The Kier molecular flexibility index (Phi) is 4.17. The van der Waals surface area contributed by atoms with E-state index in [-0.39, 0.29) is 17.4 Å². The van der Waals surface area contributed by atoms with Crippen molar-refractivity contribution in [2.75, 3.05) is 26.3 Å². The zero-order chi connectivity index (χ0) is 17.3. The van der Waals surface area contributed by atoms with Crippen LogP contribution in [-0.2, 0) is 11.2 Å². The topological polar surface area (TPSA) is 77.7 Å². The molecular weight excluding hydrogens is 322 g/mol. The second-order valence-corrected chi connectivity index (χ2v) is 6.58. The Balaban J connectivity index is 1.38. The summed E-state index contributed by atoms with van der Waals surface area (Å²) in [6.07, 6.45) is 6.52. The molecule has 1 amide bonds. The summed E-state index contributed by atoms with van der Waals surface area (Å²) in [5.74, 6) is 1.62. The van der Waals surface area contributed by atoms with E-state index in [0.29, 0.717) is 44.0 Å². The third-order valence-corrected chi connectivity index (χ3v) is 5.09. The molecule has 2 saturated heterocycles. The minimum Gasteiger partial charge on any atom is -0.492 e. The summed E-state index contributed by atoms with van der Waals surface area (Å²) >= 11 is 0. The van der Waals surface area contributed by atoms with Gasteiger partial charge in [-0.15, -0.1) is 0 Å². The van der Waals surface area contributed by atoms with Gasteiger partial charge in [-0.1, -0.05) is 12.1 Å². The number of ether oxygens (including phenoxy) is 2. The second kappa shape index (κ2) is 6.48. The lowest BCUT2D eigenvalue weighted by atomic mass is 9.81. The fraction of sp³-hybridized carbons (Fsp3) is 0.500. The van der Waals surface area contributed by atoms with Crippen LogP contribution in [0.1, 0.15) is 29.5 Å². The van der Waals surface area contributed by atoms with Crippen LogP contribution in [0, 0.1) is 5.92 Å². The highest BCUT2D eigenvalue weighted by molar-refractivity contribution is 5.95. The molecule has 4 heterocycles. The number of carbonyl (C=O) groups excluding carboxylic acids is 1. The zero-order valence-corrected chi connectivity index (χ0v) is 14.2. The van der Waals surface area contributed by atoms with Gasteiger partial charge in [0.05, 0.1) is 32.1 Å². The largest absolute Gasteiger partial charge is 0.492 e. The molecule has 2 aromatic heterocycles. The van der Waals surface area contributed by atoms with Gasteiger partial charge in [-0.05, 0) is 18.6 Å². The molecule has 7 heteroatoms. The smallest absolute Gasteiger partial charge is 0.259 e. The second-order valence-electron chi connectivity index (χ2n) is 6.58. The molecule has 0 radical (unpaired) electrons. The Morgan fingerprint density at radius 2 is 2.32 bits per heavy atom. The SMILES string of the molecule is CCc1oncc1C(=O)N1CC2(C1)OCC[C@@H]2COc1cccnc1. The van der Waals surface area contributed by atoms with Crippen LogP contribution in [-0.4, -0.2) is 52.9 Å². The lowest BCUT2D eigenvalue weighted by Gasteiger charge is -2.49. The van der Waals surface area contributed by atoms with Crippen molar-refractivity contribution in [3.8, 4) is 5.75 Å². The fourth-order valence-electron chi connectivity index (χ4n) is 3.61. The molecule has 0 aliphatic carbocycles. The van der Waals surface area contributed by atoms with Crippen molar-refractivity contribution < 1.29 is 18.8 Å². The maximum Gasteiger partial charge on any atom is 0.259 e. The summed E-state index contributed by atoms with van der Waals surface area (Å²) in [6.45, 7) is 4.39. The number of amides is 1. The molecule has 2 aliphatic heterocycles. The molecule has 0 saturated carbocycles. The first-order valence-electron chi connectivity index (χ1n) is 8.61. The van der Waals surface area contributed by atoms with Crippen molar-refractivity contribution in [3.05, 3.63) is 42.0 Å². The standard InChI is InChI=1S/C18H21N3O4/c1-2-16-15(9-20-25-16)17(22)21-11-18(12-21)13(5-7-24-18)10-23-14-4-3-6-19-8-14/h3-4,6,8-9,13H,2,5,7,10-12H2,1H3/t13-/m1/s1. The first kappa shape index (κ1) is 16.1. The Bertz CT molecular complexity index is 740. The van der Waals surface area contributed by atoms with Crippen LogP contribution in [0.15, 0.2) is 35.2 Å². The van der Waals surface area contributed by atoms with Crippen molar-refractivity contribution in [2.45, 2.75) is 25.4 Å². The zero-order valence-electron chi connectivity index (χ0n) is 14.2. The van der Waals surface area contributed by atoms with E-state index in [1.165, 1.54) is 6.20 Å². The number of hydrogen-bond donors (Lipinski definition) is 0. The van der Waals surface area contributed by atoms with Crippen LogP contribution in [0.2, 0.25) is 0 Å². The summed E-state index contributed by atoms with van der Waals surface area (Å²) in [4.78, 5) is 18.5. The van der Waals surface area contributed by atoms with Gasteiger partial charge >= 0.3 is 0 Å². The van der Waals surface area contributed by atoms with E-state index in [1.807, 2.05) is 19.1 Å². The number of aryl methyl sites for hydroxylation is 1. The Labute approximate surface area is 145 Å². The molecule has 25 heavy (non-hydrogen) atoms. The fourth-order valence-corrected chi connectivity index (χ4v) is 3.61. The quantitative estimate of drug-likeness (QED) is 0.826. The van der Waals surface area contributed by atoms with E-state index in [2.05, 4.69) is 10.1 Å². The highest BCUT2D eigenvalue weighted by Gasteiger charge is 2.55. The van der Waals surface area contributed by atoms with Gasteiger partial charge in [-0.3, -0.25) is 9.78 Å². The van der Waals surface area contributed by atoms with Gasteiger partial charge in [0.15, 0.2) is 0 Å². The monoisotopic (exact) mass is 343 g/mol. The van der Waals surface area contributed by atoms with Gasteiger partial charge in [0.2, 0.25) is 0 Å². The minimum atomic E-state index is -0.290. The van der Waals surface area contributed by atoms with Gasteiger partial charge in [0.1, 0.15) is 22.7 Å². The van der Waals surface area contributed by atoms with Crippen LogP contribution in [0.25, 0.3) is 0 Å². The predicted octanol–water partition coefficient (Wildman–Crippen LogP) is 1.94. The average Bonchev–Trinajstić information content (AvgIpc) is 3.25. The normalized spacial score (nSPS) is 21.3. The van der Waals surface area contributed by atoms with E-state index in [4.69, 9.17) is 14.0 Å². The third-order valence-electron chi connectivity index (χ3n) is 5.09. The lowest BCUT2D eigenvalue weighted by Crippen LogP contribution is -2.66. The van der Waals surface area contributed by atoms with Gasteiger partial charge in [-0.25, -0.2) is 0 Å². The molecule has 0 bridgehead atoms. The Hall–Kier alpha value is -2.41. The van der Waals surface area contributed by atoms with Gasteiger partial charge in [0.25, 0.3) is 5.91 Å². The molecule has 1 spiro atoms. The van der Waals surface area contributed by atoms with Crippen LogP contribution < -0.4 is 4.74 Å². The maximum atomic E-state index is 12.6. The molecule has 7 nitrogen and oxygen atoms in total. The number of carbonyl (C=O) groups is 1. The van der Waals surface area contributed by atoms with Crippen LogP contribution in [0.4, 0.5) is 0 Å². The summed E-state index contributed by atoms with van der Waals surface area (Å²) < 4.78 is 17.0. The van der Waals surface area contributed by atoms with E-state index >= 15 is 0 Å². The molecule has 1 atom stereocenters. The molecular formula is C18H21N3O4. The Morgan fingerprint density at radius 1 is 1.44 bits per heavy atom. The highest BCUT2D eigenvalue weighted by atomic mass is 16.5. The molecule has 132 valence electrons. The number of likely N-dealkylation sites (tertiary alicyclic amines) is 1. The summed E-state index contributed by atoms with van der Waals surface area (Å²) in [7, 11) is 0. The predicted molar refractivity (Wildman–Crippen MR) is 88.3 cm³/mol. The first-order chi connectivity index (χ1) is 12.2. The Morgan fingerprint density at radius 3 is 3.08 bits per heavy atom. The van der Waals surface area contributed by atoms with Crippen LogP contribution in [0.5, 0.6) is 5.75 Å². The maximum absolute atomic E-state index is 12.6. The number of aromatic nitrogens is 2. The third kappa shape index (κ3) is 2.89.